The second-order valence-corrected chi connectivity index (χ2v) is 13.2. The highest BCUT2D eigenvalue weighted by atomic mass is 16.6. The maximum Gasteiger partial charge on any atom is 0.410 e. The molecule has 208 valence electrons. The van der Waals surface area contributed by atoms with Crippen molar-refractivity contribution in [1.82, 2.24) is 20.4 Å². The summed E-state index contributed by atoms with van der Waals surface area (Å²) in [6.45, 7) is 15.9. The van der Waals surface area contributed by atoms with Gasteiger partial charge in [-0.15, -0.1) is 0 Å². The standard InChI is InChI=1S/C29H42N4O5/c1-27(2,3)25-29(7,13-8-14-32(25)26(37)38-28(4,5)6)30-16-18-9-10-20-19(15-18)17-33(24(20)36)21-11-12-22(34)31-23(21)35/h9-10,15,21,25,30H,8,11-14,16-17H2,1-7H3,(H,31,34,35)/t21?,25?,29-/m0/s1. The van der Waals surface area contributed by atoms with E-state index in [1.807, 2.05) is 43.9 Å². The first-order valence-corrected chi connectivity index (χ1v) is 13.6. The Kier molecular flexibility index (Phi) is 7.38. The van der Waals surface area contributed by atoms with Crippen LogP contribution in [0.4, 0.5) is 4.79 Å². The van der Waals surface area contributed by atoms with Crippen LogP contribution in [0.3, 0.4) is 0 Å². The highest BCUT2D eigenvalue weighted by molar-refractivity contribution is 6.05. The molecule has 0 radical (unpaired) electrons. The van der Waals surface area contributed by atoms with Gasteiger partial charge in [0, 0.05) is 37.2 Å². The third-order valence-electron chi connectivity index (χ3n) is 7.74. The van der Waals surface area contributed by atoms with Crippen molar-refractivity contribution in [2.45, 2.75) is 110 Å². The minimum Gasteiger partial charge on any atom is -0.444 e. The predicted molar refractivity (Wildman–Crippen MR) is 143 cm³/mol. The van der Waals surface area contributed by atoms with E-state index in [2.05, 4.69) is 38.3 Å². The molecule has 0 aromatic heterocycles. The number of amides is 4. The van der Waals surface area contributed by atoms with E-state index in [0.717, 1.165) is 24.0 Å². The average molecular weight is 527 g/mol. The fourth-order valence-corrected chi connectivity index (χ4v) is 6.39. The molecule has 1 aromatic carbocycles. The molecule has 3 aliphatic heterocycles. The van der Waals surface area contributed by atoms with Gasteiger partial charge >= 0.3 is 6.09 Å². The zero-order chi connectivity index (χ0) is 28.0. The SMILES string of the molecule is CC(C)(C)OC(=O)N1CCC[C@](C)(NCc2ccc3c(c2)CN(C2CCC(=O)NC2=O)C3=O)C1C(C)(C)C. The van der Waals surface area contributed by atoms with Crippen LogP contribution in [0.2, 0.25) is 0 Å². The number of nitrogens with one attached hydrogen (secondary N) is 2. The Morgan fingerprint density at radius 2 is 1.87 bits per heavy atom. The molecule has 9 nitrogen and oxygen atoms in total. The van der Waals surface area contributed by atoms with Crippen LogP contribution >= 0.6 is 0 Å². The van der Waals surface area contributed by atoms with E-state index >= 15 is 0 Å². The number of piperidine rings is 2. The summed E-state index contributed by atoms with van der Waals surface area (Å²) in [6, 6.07) is 5.09. The van der Waals surface area contributed by atoms with Crippen molar-refractivity contribution in [3.8, 4) is 0 Å². The molecule has 9 heteroatoms. The number of hydrogen-bond donors (Lipinski definition) is 2. The van der Waals surface area contributed by atoms with Crippen LogP contribution < -0.4 is 10.6 Å². The lowest BCUT2D eigenvalue weighted by Gasteiger charge is -2.54. The Bertz CT molecular complexity index is 1130. The topological polar surface area (TPSA) is 108 Å². The van der Waals surface area contributed by atoms with E-state index in [9.17, 15) is 19.2 Å². The molecule has 3 heterocycles. The number of fused-ring (bicyclic) bond motifs is 1. The Morgan fingerprint density at radius 1 is 1.16 bits per heavy atom. The lowest BCUT2D eigenvalue weighted by atomic mass is 9.70. The minimum atomic E-state index is -0.623. The van der Waals surface area contributed by atoms with Gasteiger partial charge in [-0.05, 0) is 69.6 Å². The van der Waals surface area contributed by atoms with Gasteiger partial charge in [0.25, 0.3) is 5.91 Å². The Labute approximate surface area is 225 Å². The minimum absolute atomic E-state index is 0.0855. The maximum atomic E-state index is 13.2. The molecule has 2 fully saturated rings. The van der Waals surface area contributed by atoms with E-state index in [0.29, 0.717) is 31.6 Å². The molecule has 4 rings (SSSR count). The van der Waals surface area contributed by atoms with Gasteiger partial charge in [0.2, 0.25) is 11.8 Å². The van der Waals surface area contributed by atoms with Gasteiger partial charge in [-0.1, -0.05) is 32.9 Å². The monoisotopic (exact) mass is 526 g/mol. The van der Waals surface area contributed by atoms with E-state index in [1.165, 1.54) is 0 Å². The van der Waals surface area contributed by atoms with Crippen LogP contribution in [0, 0.1) is 5.41 Å². The third-order valence-corrected chi connectivity index (χ3v) is 7.74. The van der Waals surface area contributed by atoms with E-state index < -0.39 is 17.6 Å². The van der Waals surface area contributed by atoms with Crippen LogP contribution in [0.5, 0.6) is 0 Å². The highest BCUT2D eigenvalue weighted by Gasteiger charge is 2.49. The Hall–Kier alpha value is -2.94. The summed E-state index contributed by atoms with van der Waals surface area (Å²) in [4.78, 5) is 53.6. The molecule has 2 N–H and O–H groups in total. The molecule has 2 unspecified atom stereocenters. The van der Waals surface area contributed by atoms with Crippen LogP contribution in [0.25, 0.3) is 0 Å². The summed E-state index contributed by atoms with van der Waals surface area (Å²) in [7, 11) is 0. The van der Waals surface area contributed by atoms with Gasteiger partial charge in [-0.2, -0.15) is 0 Å². The molecule has 3 atom stereocenters. The average Bonchev–Trinajstić information content (AvgIpc) is 3.11. The van der Waals surface area contributed by atoms with E-state index in [-0.39, 0.29) is 41.3 Å². The van der Waals surface area contributed by atoms with Crippen LogP contribution in [0.1, 0.15) is 95.6 Å². The number of hydrogen-bond acceptors (Lipinski definition) is 6. The number of carbonyl (C=O) groups excluding carboxylic acids is 4. The number of likely N-dealkylation sites (tertiary alicyclic amines) is 1. The molecule has 0 saturated carbocycles. The first-order valence-electron chi connectivity index (χ1n) is 13.6. The molecule has 0 aliphatic carbocycles. The maximum absolute atomic E-state index is 13.2. The molecule has 1 aromatic rings. The van der Waals surface area contributed by atoms with Gasteiger partial charge in [0.05, 0.1) is 6.04 Å². The largest absolute Gasteiger partial charge is 0.444 e. The fraction of sp³-hybridized carbons (Fsp3) is 0.655. The summed E-state index contributed by atoms with van der Waals surface area (Å²) in [5, 5.41) is 6.11. The van der Waals surface area contributed by atoms with Gasteiger partial charge in [-0.3, -0.25) is 19.7 Å². The lowest BCUT2D eigenvalue weighted by Crippen LogP contribution is -2.67. The summed E-state index contributed by atoms with van der Waals surface area (Å²) < 4.78 is 5.77. The number of rotatable bonds is 4. The van der Waals surface area contributed by atoms with Crippen molar-refractivity contribution < 1.29 is 23.9 Å². The second-order valence-electron chi connectivity index (χ2n) is 13.2. The van der Waals surface area contributed by atoms with Crippen LogP contribution in [-0.4, -0.2) is 63.4 Å². The molecule has 38 heavy (non-hydrogen) atoms. The van der Waals surface area contributed by atoms with Gasteiger partial charge in [0.15, 0.2) is 0 Å². The van der Waals surface area contributed by atoms with Gasteiger partial charge in [0.1, 0.15) is 11.6 Å². The van der Waals surface area contributed by atoms with Crippen molar-refractivity contribution in [3.63, 3.8) is 0 Å². The van der Waals surface area contributed by atoms with E-state index in [4.69, 9.17) is 4.74 Å². The fourth-order valence-electron chi connectivity index (χ4n) is 6.39. The lowest BCUT2D eigenvalue weighted by molar-refractivity contribution is -0.136. The number of carbonyl (C=O) groups is 4. The van der Waals surface area contributed by atoms with Crippen molar-refractivity contribution in [2.24, 2.45) is 5.41 Å². The number of ether oxygens (including phenoxy) is 1. The van der Waals surface area contributed by atoms with Crippen molar-refractivity contribution in [2.75, 3.05) is 6.54 Å². The van der Waals surface area contributed by atoms with Crippen LogP contribution in [-0.2, 0) is 27.4 Å². The second kappa shape index (κ2) is 9.98. The third kappa shape index (κ3) is 5.72. The van der Waals surface area contributed by atoms with E-state index in [1.54, 1.807) is 4.90 Å². The number of nitrogens with zero attached hydrogens (tertiary/aromatic N) is 2. The zero-order valence-electron chi connectivity index (χ0n) is 23.8. The Balaban J connectivity index is 1.50. The summed E-state index contributed by atoms with van der Waals surface area (Å²) in [6.07, 6.45) is 2.09. The summed E-state index contributed by atoms with van der Waals surface area (Å²) in [5.74, 6) is -0.870. The van der Waals surface area contributed by atoms with Crippen molar-refractivity contribution in [3.05, 3.63) is 34.9 Å². The predicted octanol–water partition coefficient (Wildman–Crippen LogP) is 3.74. The molecule has 4 amide bonds. The molecule has 0 bridgehead atoms. The number of imide groups is 1. The Morgan fingerprint density at radius 3 is 2.50 bits per heavy atom. The number of benzene rings is 1. The van der Waals surface area contributed by atoms with Crippen LogP contribution in [0.15, 0.2) is 18.2 Å². The summed E-state index contributed by atoms with van der Waals surface area (Å²) in [5.41, 5.74) is 1.42. The highest BCUT2D eigenvalue weighted by Crippen LogP contribution is 2.40. The molecular formula is C29H42N4O5. The first-order chi connectivity index (χ1) is 17.6. The first kappa shape index (κ1) is 28.1. The molecule has 0 spiro atoms. The zero-order valence-corrected chi connectivity index (χ0v) is 23.8. The van der Waals surface area contributed by atoms with Crippen molar-refractivity contribution in [1.29, 1.82) is 0 Å². The summed E-state index contributed by atoms with van der Waals surface area (Å²) >= 11 is 0. The molecule has 3 aliphatic rings. The smallest absolute Gasteiger partial charge is 0.410 e. The quantitative estimate of drug-likeness (QED) is 0.579. The van der Waals surface area contributed by atoms with Gasteiger partial charge < -0.3 is 19.9 Å². The molecule has 2 saturated heterocycles. The van der Waals surface area contributed by atoms with Gasteiger partial charge in [-0.25, -0.2) is 4.79 Å². The van der Waals surface area contributed by atoms with Crippen molar-refractivity contribution >= 4 is 23.8 Å². The normalized spacial score (nSPS) is 26.3. The molecular weight excluding hydrogens is 484 g/mol.